The molecule has 2 rings (SSSR count). The number of anilines is 1. The van der Waals surface area contributed by atoms with Crippen LogP contribution in [0.1, 0.15) is 23.8 Å². The van der Waals surface area contributed by atoms with Gasteiger partial charge in [0.05, 0.1) is 5.75 Å². The Balaban J connectivity index is 2.09. The van der Waals surface area contributed by atoms with Gasteiger partial charge in [-0.15, -0.1) is 0 Å². The maximum absolute atomic E-state index is 12.3. The van der Waals surface area contributed by atoms with Gasteiger partial charge >= 0.3 is 0 Å². The Morgan fingerprint density at radius 1 is 1.32 bits per heavy atom. The summed E-state index contributed by atoms with van der Waals surface area (Å²) in [6.07, 6.45) is 0. The van der Waals surface area contributed by atoms with Crippen molar-refractivity contribution in [1.29, 1.82) is 0 Å². The third-order valence-corrected chi connectivity index (χ3v) is 5.26. The SMILES string of the molecule is Cc1cccc(CS(=O)(=O)C(C)C(=O)Nc2cc(C)on2)c1. The Bertz CT molecular complexity index is 780. The molecule has 1 atom stereocenters. The minimum atomic E-state index is -3.61. The van der Waals surface area contributed by atoms with E-state index in [0.29, 0.717) is 11.3 Å². The monoisotopic (exact) mass is 322 g/mol. The molecular formula is C15H18N2O4S. The molecule has 1 heterocycles. The summed E-state index contributed by atoms with van der Waals surface area (Å²) in [6.45, 7) is 4.94. The zero-order valence-corrected chi connectivity index (χ0v) is 13.5. The second-order valence-corrected chi connectivity index (χ2v) is 7.57. The van der Waals surface area contributed by atoms with Gasteiger partial charge in [-0.2, -0.15) is 0 Å². The van der Waals surface area contributed by atoms with Crippen molar-refractivity contribution in [2.24, 2.45) is 0 Å². The Hall–Kier alpha value is -2.15. The van der Waals surface area contributed by atoms with Crippen molar-refractivity contribution < 1.29 is 17.7 Å². The first-order valence-electron chi connectivity index (χ1n) is 6.79. The third-order valence-electron chi connectivity index (χ3n) is 3.24. The molecule has 0 fully saturated rings. The number of carbonyl (C=O) groups is 1. The second kappa shape index (κ2) is 6.31. The molecule has 0 bridgehead atoms. The molecule has 0 aliphatic rings. The number of benzene rings is 1. The van der Waals surface area contributed by atoms with Crippen molar-refractivity contribution in [1.82, 2.24) is 5.16 Å². The van der Waals surface area contributed by atoms with Crippen LogP contribution in [0.5, 0.6) is 0 Å². The lowest BCUT2D eigenvalue weighted by Gasteiger charge is -2.12. The van der Waals surface area contributed by atoms with Gasteiger partial charge in [0.1, 0.15) is 11.0 Å². The van der Waals surface area contributed by atoms with Crippen molar-refractivity contribution in [2.75, 3.05) is 5.32 Å². The molecule has 1 amide bonds. The van der Waals surface area contributed by atoms with Crippen molar-refractivity contribution >= 4 is 21.6 Å². The van der Waals surface area contributed by atoms with E-state index in [1.807, 2.05) is 13.0 Å². The minimum absolute atomic E-state index is 0.179. The summed E-state index contributed by atoms with van der Waals surface area (Å²) in [6, 6.07) is 8.74. The van der Waals surface area contributed by atoms with Gasteiger partial charge in [0.25, 0.3) is 0 Å². The van der Waals surface area contributed by atoms with Crippen molar-refractivity contribution in [3.63, 3.8) is 0 Å². The molecule has 0 saturated carbocycles. The van der Waals surface area contributed by atoms with E-state index in [2.05, 4.69) is 10.5 Å². The second-order valence-electron chi connectivity index (χ2n) is 5.25. The Kier molecular flexibility index (Phi) is 4.65. The molecule has 0 aliphatic heterocycles. The predicted octanol–water partition coefficient (Wildman–Crippen LogP) is 2.23. The van der Waals surface area contributed by atoms with E-state index < -0.39 is 21.0 Å². The number of aryl methyl sites for hydroxylation is 2. The fraction of sp³-hybridized carbons (Fsp3) is 0.333. The van der Waals surface area contributed by atoms with Crippen LogP contribution in [-0.4, -0.2) is 24.7 Å². The lowest BCUT2D eigenvalue weighted by Crippen LogP contribution is -2.33. The molecule has 0 aliphatic carbocycles. The molecule has 1 aromatic carbocycles. The zero-order chi connectivity index (χ0) is 16.3. The topological polar surface area (TPSA) is 89.3 Å². The highest BCUT2D eigenvalue weighted by atomic mass is 32.2. The van der Waals surface area contributed by atoms with E-state index in [9.17, 15) is 13.2 Å². The van der Waals surface area contributed by atoms with E-state index in [0.717, 1.165) is 5.56 Å². The normalized spacial score (nSPS) is 12.9. The number of rotatable bonds is 5. The summed E-state index contributed by atoms with van der Waals surface area (Å²) in [5.41, 5.74) is 1.64. The summed E-state index contributed by atoms with van der Waals surface area (Å²) in [7, 11) is -3.61. The van der Waals surface area contributed by atoms with Crippen LogP contribution < -0.4 is 5.32 Å². The van der Waals surface area contributed by atoms with E-state index >= 15 is 0 Å². The summed E-state index contributed by atoms with van der Waals surface area (Å²) >= 11 is 0. The largest absolute Gasteiger partial charge is 0.360 e. The van der Waals surface area contributed by atoms with E-state index in [1.165, 1.54) is 13.0 Å². The standard InChI is InChI=1S/C15H18N2O4S/c1-10-5-4-6-13(7-10)9-22(19,20)12(3)15(18)16-14-8-11(2)21-17-14/h4-8,12H,9H2,1-3H3,(H,16,17,18). The first kappa shape index (κ1) is 16.2. The molecule has 1 aromatic heterocycles. The average Bonchev–Trinajstić information content (AvgIpc) is 2.82. The number of aromatic nitrogens is 1. The molecule has 1 unspecified atom stereocenters. The number of carbonyl (C=O) groups excluding carboxylic acids is 1. The fourth-order valence-electron chi connectivity index (χ4n) is 1.98. The Morgan fingerprint density at radius 2 is 2.05 bits per heavy atom. The molecule has 0 spiro atoms. The molecule has 22 heavy (non-hydrogen) atoms. The third kappa shape index (κ3) is 3.94. The summed E-state index contributed by atoms with van der Waals surface area (Å²) < 4.78 is 29.5. The lowest BCUT2D eigenvalue weighted by atomic mass is 10.2. The number of amides is 1. The minimum Gasteiger partial charge on any atom is -0.360 e. The van der Waals surface area contributed by atoms with Crippen LogP contribution in [0.15, 0.2) is 34.9 Å². The Morgan fingerprint density at radius 3 is 2.64 bits per heavy atom. The van der Waals surface area contributed by atoms with Crippen LogP contribution in [0.4, 0.5) is 5.82 Å². The van der Waals surface area contributed by atoms with Gasteiger partial charge in [-0.05, 0) is 26.3 Å². The van der Waals surface area contributed by atoms with Crippen molar-refractivity contribution in [3.05, 3.63) is 47.2 Å². The van der Waals surface area contributed by atoms with Gasteiger partial charge in [-0.25, -0.2) is 8.42 Å². The van der Waals surface area contributed by atoms with Crippen molar-refractivity contribution in [2.45, 2.75) is 31.8 Å². The molecule has 0 saturated heterocycles. The molecule has 2 aromatic rings. The van der Waals surface area contributed by atoms with Crippen LogP contribution in [0.25, 0.3) is 0 Å². The highest BCUT2D eigenvalue weighted by Crippen LogP contribution is 2.15. The highest BCUT2D eigenvalue weighted by Gasteiger charge is 2.28. The predicted molar refractivity (Wildman–Crippen MR) is 83.1 cm³/mol. The summed E-state index contributed by atoms with van der Waals surface area (Å²) in [5.74, 6) is -0.0622. The average molecular weight is 322 g/mol. The van der Waals surface area contributed by atoms with Gasteiger partial charge in [0, 0.05) is 6.07 Å². The van der Waals surface area contributed by atoms with Gasteiger partial charge < -0.3 is 9.84 Å². The fourth-order valence-corrected chi connectivity index (χ4v) is 3.25. The summed E-state index contributed by atoms with van der Waals surface area (Å²) in [5, 5.41) is 4.88. The number of hydrogen-bond acceptors (Lipinski definition) is 5. The van der Waals surface area contributed by atoms with E-state index in [-0.39, 0.29) is 11.6 Å². The first-order valence-corrected chi connectivity index (χ1v) is 8.51. The molecule has 1 N–H and O–H groups in total. The van der Waals surface area contributed by atoms with Crippen LogP contribution in [0, 0.1) is 13.8 Å². The van der Waals surface area contributed by atoms with Crippen LogP contribution in [0.3, 0.4) is 0 Å². The molecule has 7 heteroatoms. The van der Waals surface area contributed by atoms with Crippen LogP contribution in [-0.2, 0) is 20.4 Å². The van der Waals surface area contributed by atoms with Gasteiger partial charge in [-0.3, -0.25) is 4.79 Å². The number of hydrogen-bond donors (Lipinski definition) is 1. The van der Waals surface area contributed by atoms with Crippen molar-refractivity contribution in [3.8, 4) is 0 Å². The molecule has 0 radical (unpaired) electrons. The number of sulfone groups is 1. The summed E-state index contributed by atoms with van der Waals surface area (Å²) in [4.78, 5) is 12.1. The van der Waals surface area contributed by atoms with Crippen LogP contribution in [0.2, 0.25) is 0 Å². The lowest BCUT2D eigenvalue weighted by molar-refractivity contribution is -0.115. The number of nitrogens with one attached hydrogen (secondary N) is 1. The van der Waals surface area contributed by atoms with Crippen LogP contribution >= 0.6 is 0 Å². The first-order chi connectivity index (χ1) is 10.3. The van der Waals surface area contributed by atoms with E-state index in [1.54, 1.807) is 25.1 Å². The zero-order valence-electron chi connectivity index (χ0n) is 12.7. The highest BCUT2D eigenvalue weighted by molar-refractivity contribution is 7.92. The smallest absolute Gasteiger partial charge is 0.243 e. The maximum atomic E-state index is 12.3. The molecule has 118 valence electrons. The quantitative estimate of drug-likeness (QED) is 0.912. The van der Waals surface area contributed by atoms with Gasteiger partial charge in [0.2, 0.25) is 5.91 Å². The van der Waals surface area contributed by atoms with Gasteiger partial charge in [0.15, 0.2) is 15.7 Å². The number of nitrogens with zero attached hydrogens (tertiary/aromatic N) is 1. The molecule has 6 nitrogen and oxygen atoms in total. The Labute approximate surface area is 129 Å². The molecular weight excluding hydrogens is 304 g/mol. The van der Waals surface area contributed by atoms with Gasteiger partial charge in [-0.1, -0.05) is 35.0 Å². The maximum Gasteiger partial charge on any atom is 0.243 e. The van der Waals surface area contributed by atoms with E-state index in [4.69, 9.17) is 4.52 Å².